The molecule has 1 atom stereocenters. The topological polar surface area (TPSA) is 54.9 Å². The van der Waals surface area contributed by atoms with Crippen molar-refractivity contribution >= 4 is 39.2 Å². The molecule has 1 aliphatic carbocycles. The number of hydrogen-bond donors (Lipinski definition) is 1. The van der Waals surface area contributed by atoms with Crippen molar-refractivity contribution in [2.45, 2.75) is 57.2 Å². The molecule has 0 bridgehead atoms. The minimum absolute atomic E-state index is 0.0833. The van der Waals surface area contributed by atoms with Crippen LogP contribution >= 0.6 is 23.1 Å². The van der Waals surface area contributed by atoms with E-state index in [9.17, 15) is 4.79 Å². The molecule has 23 heavy (non-hydrogen) atoms. The first kappa shape index (κ1) is 16.7. The summed E-state index contributed by atoms with van der Waals surface area (Å²) in [6.45, 7) is 8.80. The fourth-order valence-corrected chi connectivity index (χ4v) is 5.24. The number of aromatic nitrogens is 2. The maximum absolute atomic E-state index is 12.3. The molecule has 2 aromatic heterocycles. The van der Waals surface area contributed by atoms with Crippen LogP contribution < -0.4 is 5.32 Å². The average Bonchev–Trinajstić information content (AvgIpc) is 3.04. The monoisotopic (exact) mass is 349 g/mol. The van der Waals surface area contributed by atoms with Gasteiger partial charge in [0.25, 0.3) is 0 Å². The lowest BCUT2D eigenvalue weighted by Crippen LogP contribution is -2.33. The minimum Gasteiger partial charge on any atom is -0.355 e. The van der Waals surface area contributed by atoms with Crippen LogP contribution in [0.5, 0.6) is 0 Å². The van der Waals surface area contributed by atoms with Gasteiger partial charge >= 0.3 is 0 Å². The summed E-state index contributed by atoms with van der Waals surface area (Å²) in [5, 5.41) is 5.03. The van der Waals surface area contributed by atoms with Gasteiger partial charge in [0.2, 0.25) is 5.91 Å². The molecule has 0 aliphatic heterocycles. The molecule has 1 N–H and O–H groups in total. The summed E-state index contributed by atoms with van der Waals surface area (Å²) in [5.41, 5.74) is 1.42. The van der Waals surface area contributed by atoms with Gasteiger partial charge in [-0.1, -0.05) is 25.6 Å². The zero-order valence-corrected chi connectivity index (χ0v) is 15.7. The fourth-order valence-electron chi connectivity index (χ4n) is 2.82. The third-order valence-corrected chi connectivity index (χ3v) is 6.26. The van der Waals surface area contributed by atoms with E-state index in [1.807, 2.05) is 13.8 Å². The van der Waals surface area contributed by atoms with E-state index in [0.717, 1.165) is 35.1 Å². The van der Waals surface area contributed by atoms with Crippen LogP contribution in [0.4, 0.5) is 0 Å². The van der Waals surface area contributed by atoms with Gasteiger partial charge in [0.05, 0.1) is 5.25 Å². The van der Waals surface area contributed by atoms with Crippen molar-refractivity contribution in [1.29, 1.82) is 0 Å². The van der Waals surface area contributed by atoms with Crippen LogP contribution in [0.2, 0.25) is 0 Å². The van der Waals surface area contributed by atoms with Crippen molar-refractivity contribution in [1.82, 2.24) is 15.3 Å². The molecule has 0 spiro atoms. The van der Waals surface area contributed by atoms with Crippen molar-refractivity contribution in [3.63, 3.8) is 0 Å². The first-order valence-electron chi connectivity index (χ1n) is 8.19. The van der Waals surface area contributed by atoms with Gasteiger partial charge in [-0.05, 0) is 44.6 Å². The second kappa shape index (κ2) is 6.77. The SMILES string of the molecule is Cc1nc(S[C@H](C)C(=O)NCC(C)C)c2c3c(sc2n1)CCC3. The quantitative estimate of drug-likeness (QED) is 0.660. The van der Waals surface area contributed by atoms with Gasteiger partial charge in [0.15, 0.2) is 0 Å². The zero-order chi connectivity index (χ0) is 16.6. The standard InChI is InChI=1S/C17H23N3OS2/c1-9(2)8-18-15(21)10(3)22-16-14-12-6-5-7-13(12)23-17(14)20-11(4)19-16/h9-10H,5-8H2,1-4H3,(H,18,21)/t10-/m1/s1. The highest BCUT2D eigenvalue weighted by Gasteiger charge is 2.24. The highest BCUT2D eigenvalue weighted by molar-refractivity contribution is 8.00. The summed E-state index contributed by atoms with van der Waals surface area (Å²) in [4.78, 5) is 24.1. The first-order valence-corrected chi connectivity index (χ1v) is 9.88. The maximum atomic E-state index is 12.3. The van der Waals surface area contributed by atoms with Crippen molar-refractivity contribution in [3.05, 3.63) is 16.3 Å². The van der Waals surface area contributed by atoms with E-state index in [1.54, 1.807) is 23.1 Å². The smallest absolute Gasteiger partial charge is 0.233 e. The van der Waals surface area contributed by atoms with Crippen LogP contribution in [-0.2, 0) is 17.6 Å². The normalized spacial score (nSPS) is 15.2. The first-order chi connectivity index (χ1) is 11.0. The number of carbonyl (C=O) groups is 1. The van der Waals surface area contributed by atoms with Crippen molar-refractivity contribution in [3.8, 4) is 0 Å². The molecular formula is C17H23N3OS2. The Labute approximate surface area is 145 Å². The second-order valence-electron chi connectivity index (χ2n) is 6.51. The third kappa shape index (κ3) is 3.53. The summed E-state index contributed by atoms with van der Waals surface area (Å²) in [6.07, 6.45) is 3.49. The lowest BCUT2D eigenvalue weighted by molar-refractivity contribution is -0.120. The van der Waals surface area contributed by atoms with Gasteiger partial charge in [0.1, 0.15) is 15.7 Å². The highest BCUT2D eigenvalue weighted by atomic mass is 32.2. The molecule has 0 unspecified atom stereocenters. The van der Waals surface area contributed by atoms with Gasteiger partial charge in [-0.2, -0.15) is 0 Å². The summed E-state index contributed by atoms with van der Waals surface area (Å²) < 4.78 is 0. The number of hydrogen-bond acceptors (Lipinski definition) is 5. The van der Waals surface area contributed by atoms with E-state index in [0.29, 0.717) is 5.92 Å². The summed E-state index contributed by atoms with van der Waals surface area (Å²) in [7, 11) is 0. The molecule has 124 valence electrons. The average molecular weight is 350 g/mol. The number of rotatable bonds is 5. The molecule has 0 fully saturated rings. The molecular weight excluding hydrogens is 326 g/mol. The predicted octanol–water partition coefficient (Wildman–Crippen LogP) is 3.74. The summed E-state index contributed by atoms with van der Waals surface area (Å²) in [5.74, 6) is 1.33. The highest BCUT2D eigenvalue weighted by Crippen LogP contribution is 2.41. The summed E-state index contributed by atoms with van der Waals surface area (Å²) >= 11 is 3.36. The van der Waals surface area contributed by atoms with Gasteiger partial charge in [-0.25, -0.2) is 9.97 Å². The Kier molecular flexibility index (Phi) is 4.92. The molecule has 0 saturated carbocycles. The maximum Gasteiger partial charge on any atom is 0.233 e. The third-order valence-electron chi connectivity index (χ3n) is 3.99. The van der Waals surface area contributed by atoms with E-state index >= 15 is 0 Å². The van der Waals surface area contributed by atoms with Crippen LogP contribution in [0.3, 0.4) is 0 Å². The van der Waals surface area contributed by atoms with Gasteiger partial charge < -0.3 is 5.32 Å². The van der Waals surface area contributed by atoms with E-state index in [-0.39, 0.29) is 11.2 Å². The Morgan fingerprint density at radius 3 is 2.83 bits per heavy atom. The number of nitrogens with zero attached hydrogens (tertiary/aromatic N) is 2. The van der Waals surface area contributed by atoms with Crippen LogP contribution in [0.15, 0.2) is 5.03 Å². The van der Waals surface area contributed by atoms with E-state index in [2.05, 4.69) is 29.1 Å². The lowest BCUT2D eigenvalue weighted by atomic mass is 10.2. The van der Waals surface area contributed by atoms with Crippen molar-refractivity contribution in [2.75, 3.05) is 6.54 Å². The number of thioether (sulfide) groups is 1. The van der Waals surface area contributed by atoms with Crippen molar-refractivity contribution in [2.24, 2.45) is 5.92 Å². The Bertz CT molecular complexity index is 739. The number of thiophene rings is 1. The van der Waals surface area contributed by atoms with Crippen LogP contribution in [0.1, 0.15) is 43.5 Å². The van der Waals surface area contributed by atoms with Crippen LogP contribution in [0, 0.1) is 12.8 Å². The number of nitrogens with one attached hydrogen (secondary N) is 1. The molecule has 6 heteroatoms. The molecule has 2 aromatic rings. The van der Waals surface area contributed by atoms with Crippen LogP contribution in [-0.4, -0.2) is 27.7 Å². The molecule has 0 saturated heterocycles. The summed E-state index contributed by atoms with van der Waals surface area (Å²) in [6, 6.07) is 0. The Morgan fingerprint density at radius 1 is 1.30 bits per heavy atom. The molecule has 1 aliphatic rings. The van der Waals surface area contributed by atoms with E-state index < -0.39 is 0 Å². The molecule has 3 rings (SSSR count). The number of fused-ring (bicyclic) bond motifs is 3. The van der Waals surface area contributed by atoms with Crippen molar-refractivity contribution < 1.29 is 4.79 Å². The Hall–Kier alpha value is -1.14. The molecule has 0 radical (unpaired) electrons. The minimum atomic E-state index is -0.150. The number of carbonyl (C=O) groups excluding carboxylic acids is 1. The lowest BCUT2D eigenvalue weighted by Gasteiger charge is -2.14. The number of aryl methyl sites for hydroxylation is 3. The molecule has 1 amide bonds. The van der Waals surface area contributed by atoms with Crippen LogP contribution in [0.25, 0.3) is 10.2 Å². The molecule has 2 heterocycles. The Balaban J connectivity index is 1.86. The second-order valence-corrected chi connectivity index (χ2v) is 8.93. The predicted molar refractivity (Wildman–Crippen MR) is 97.3 cm³/mol. The fraction of sp³-hybridized carbons (Fsp3) is 0.588. The van der Waals surface area contributed by atoms with Gasteiger partial charge in [0, 0.05) is 16.8 Å². The molecule has 4 nitrogen and oxygen atoms in total. The van der Waals surface area contributed by atoms with Gasteiger partial charge in [-0.15, -0.1) is 11.3 Å². The largest absolute Gasteiger partial charge is 0.355 e. The van der Waals surface area contributed by atoms with E-state index in [1.165, 1.54) is 22.2 Å². The Morgan fingerprint density at radius 2 is 2.09 bits per heavy atom. The molecule has 0 aromatic carbocycles. The van der Waals surface area contributed by atoms with E-state index in [4.69, 9.17) is 0 Å². The zero-order valence-electron chi connectivity index (χ0n) is 14.1. The van der Waals surface area contributed by atoms with Gasteiger partial charge in [-0.3, -0.25) is 4.79 Å². The number of amides is 1.